The molecule has 0 saturated heterocycles. The van der Waals surface area contributed by atoms with Gasteiger partial charge in [-0.3, -0.25) is 0 Å². The van der Waals surface area contributed by atoms with E-state index < -0.39 is 0 Å². The van der Waals surface area contributed by atoms with Crippen molar-refractivity contribution in [1.82, 2.24) is 0 Å². The normalized spacial score (nSPS) is 12.1. The highest BCUT2D eigenvalue weighted by Gasteiger charge is 1.96. The lowest BCUT2D eigenvalue weighted by atomic mass is 10.0. The van der Waals surface area contributed by atoms with E-state index in [-0.39, 0.29) is 12.2 Å². The molecule has 0 saturated carbocycles. The highest BCUT2D eigenvalue weighted by atomic mass is 16.3. The number of benzene rings is 3. The van der Waals surface area contributed by atoms with Gasteiger partial charge in [-0.1, -0.05) is 105 Å². The molecule has 3 aromatic rings. The first-order chi connectivity index (χ1) is 12.9. The molecule has 0 bridgehead atoms. The van der Waals surface area contributed by atoms with Gasteiger partial charge in [0, 0.05) is 0 Å². The van der Waals surface area contributed by atoms with Gasteiger partial charge in [-0.05, 0) is 36.5 Å². The number of hydrogen-bond acceptors (Lipinski definition) is 2. The SMILES string of the molecule is CC(C)c1ccccc1.CC(O)c1ccccc1.CC(O)c1ccccc1. The first-order valence-electron chi connectivity index (χ1n) is 9.42. The van der Waals surface area contributed by atoms with Crippen LogP contribution in [0.3, 0.4) is 0 Å². The van der Waals surface area contributed by atoms with Gasteiger partial charge in [-0.15, -0.1) is 0 Å². The summed E-state index contributed by atoms with van der Waals surface area (Å²) in [6.45, 7) is 7.93. The Morgan fingerprint density at radius 2 is 0.704 bits per heavy atom. The molecular weight excluding hydrogens is 332 g/mol. The maximum atomic E-state index is 9.02. The van der Waals surface area contributed by atoms with Crippen LogP contribution in [-0.4, -0.2) is 10.2 Å². The van der Waals surface area contributed by atoms with Crippen molar-refractivity contribution >= 4 is 0 Å². The van der Waals surface area contributed by atoms with Crippen molar-refractivity contribution in [3.8, 4) is 0 Å². The summed E-state index contributed by atoms with van der Waals surface area (Å²) in [5, 5.41) is 18.0. The molecule has 3 rings (SSSR count). The van der Waals surface area contributed by atoms with E-state index in [4.69, 9.17) is 10.2 Å². The minimum Gasteiger partial charge on any atom is -0.389 e. The van der Waals surface area contributed by atoms with E-state index in [0.717, 1.165) is 11.1 Å². The van der Waals surface area contributed by atoms with Crippen molar-refractivity contribution in [1.29, 1.82) is 0 Å². The Kier molecular flexibility index (Phi) is 10.8. The average molecular weight is 365 g/mol. The maximum Gasteiger partial charge on any atom is 0.0761 e. The van der Waals surface area contributed by atoms with Crippen LogP contribution in [0.1, 0.15) is 62.5 Å². The van der Waals surface area contributed by atoms with Crippen molar-refractivity contribution in [3.05, 3.63) is 108 Å². The summed E-state index contributed by atoms with van der Waals surface area (Å²) in [6, 6.07) is 29.7. The Hall–Kier alpha value is -2.42. The lowest BCUT2D eigenvalue weighted by molar-refractivity contribution is 0.199. The number of aliphatic hydroxyl groups is 2. The Bertz CT molecular complexity index is 602. The Morgan fingerprint density at radius 3 is 0.852 bits per heavy atom. The second-order valence-corrected chi connectivity index (χ2v) is 6.74. The van der Waals surface area contributed by atoms with Crippen molar-refractivity contribution in [2.45, 2.75) is 45.8 Å². The van der Waals surface area contributed by atoms with Crippen molar-refractivity contribution in [3.63, 3.8) is 0 Å². The fraction of sp³-hybridized carbons (Fsp3) is 0.280. The predicted octanol–water partition coefficient (Wildman–Crippen LogP) is 6.29. The quantitative estimate of drug-likeness (QED) is 0.573. The van der Waals surface area contributed by atoms with Crippen LogP contribution in [-0.2, 0) is 0 Å². The molecule has 2 atom stereocenters. The molecule has 0 radical (unpaired) electrons. The molecule has 0 aliphatic heterocycles. The number of hydrogen-bond donors (Lipinski definition) is 2. The molecule has 3 aromatic carbocycles. The van der Waals surface area contributed by atoms with Gasteiger partial charge in [0.15, 0.2) is 0 Å². The molecule has 144 valence electrons. The Labute approximate surface area is 164 Å². The lowest BCUT2D eigenvalue weighted by Gasteiger charge is -2.01. The molecule has 2 nitrogen and oxygen atoms in total. The van der Waals surface area contributed by atoms with Crippen LogP contribution in [0.5, 0.6) is 0 Å². The minimum absolute atomic E-state index is 0.341. The molecule has 0 aromatic heterocycles. The van der Waals surface area contributed by atoms with Crippen molar-refractivity contribution in [2.75, 3.05) is 0 Å². The second kappa shape index (κ2) is 12.9. The fourth-order valence-corrected chi connectivity index (χ4v) is 2.30. The van der Waals surface area contributed by atoms with E-state index in [2.05, 4.69) is 38.1 Å². The van der Waals surface area contributed by atoms with Crippen LogP contribution in [0, 0.1) is 0 Å². The van der Waals surface area contributed by atoms with Gasteiger partial charge in [0.1, 0.15) is 0 Å². The Morgan fingerprint density at radius 1 is 0.444 bits per heavy atom. The molecular formula is C25H32O2. The van der Waals surface area contributed by atoms with Crippen LogP contribution < -0.4 is 0 Å². The molecule has 0 spiro atoms. The zero-order valence-electron chi connectivity index (χ0n) is 16.8. The summed E-state index contributed by atoms with van der Waals surface area (Å²) in [5.74, 6) is 0.659. The third-order valence-corrected chi connectivity index (χ3v) is 4.03. The fourth-order valence-electron chi connectivity index (χ4n) is 2.30. The molecule has 27 heavy (non-hydrogen) atoms. The van der Waals surface area contributed by atoms with E-state index in [1.165, 1.54) is 5.56 Å². The van der Waals surface area contributed by atoms with E-state index in [9.17, 15) is 0 Å². The highest BCUT2D eigenvalue weighted by molar-refractivity contribution is 5.18. The molecule has 2 N–H and O–H groups in total. The van der Waals surface area contributed by atoms with Crippen molar-refractivity contribution in [2.24, 2.45) is 0 Å². The topological polar surface area (TPSA) is 40.5 Å². The largest absolute Gasteiger partial charge is 0.389 e. The maximum absolute atomic E-state index is 9.02. The van der Waals surface area contributed by atoms with Crippen LogP contribution in [0.25, 0.3) is 0 Å². The third kappa shape index (κ3) is 9.74. The molecule has 0 fully saturated rings. The first kappa shape index (κ1) is 22.6. The first-order valence-corrected chi connectivity index (χ1v) is 9.42. The molecule has 0 amide bonds. The van der Waals surface area contributed by atoms with Gasteiger partial charge in [-0.2, -0.15) is 0 Å². The van der Waals surface area contributed by atoms with Gasteiger partial charge in [0.2, 0.25) is 0 Å². The van der Waals surface area contributed by atoms with Crippen LogP contribution in [0.2, 0.25) is 0 Å². The zero-order chi connectivity index (χ0) is 20.1. The van der Waals surface area contributed by atoms with Crippen LogP contribution in [0.15, 0.2) is 91.0 Å². The minimum atomic E-state index is -0.341. The second-order valence-electron chi connectivity index (χ2n) is 6.74. The van der Waals surface area contributed by atoms with E-state index in [0.29, 0.717) is 5.92 Å². The summed E-state index contributed by atoms with van der Waals surface area (Å²) in [6.07, 6.45) is -0.683. The summed E-state index contributed by atoms with van der Waals surface area (Å²) < 4.78 is 0. The summed E-state index contributed by atoms with van der Waals surface area (Å²) in [5.41, 5.74) is 3.35. The van der Waals surface area contributed by atoms with Crippen LogP contribution >= 0.6 is 0 Å². The number of rotatable bonds is 3. The molecule has 0 aliphatic rings. The monoisotopic (exact) mass is 364 g/mol. The average Bonchev–Trinajstić information content (AvgIpc) is 2.71. The number of aliphatic hydroxyl groups excluding tert-OH is 2. The van der Waals surface area contributed by atoms with Crippen LogP contribution in [0.4, 0.5) is 0 Å². The van der Waals surface area contributed by atoms with Gasteiger partial charge >= 0.3 is 0 Å². The van der Waals surface area contributed by atoms with Gasteiger partial charge in [0.25, 0.3) is 0 Å². The summed E-state index contributed by atoms with van der Waals surface area (Å²) in [7, 11) is 0. The van der Waals surface area contributed by atoms with Gasteiger partial charge in [-0.25, -0.2) is 0 Å². The van der Waals surface area contributed by atoms with E-state index >= 15 is 0 Å². The molecule has 0 heterocycles. The third-order valence-electron chi connectivity index (χ3n) is 4.03. The lowest BCUT2D eigenvalue weighted by Crippen LogP contribution is -1.87. The predicted molar refractivity (Wildman–Crippen MR) is 115 cm³/mol. The Balaban J connectivity index is 0.000000202. The summed E-state index contributed by atoms with van der Waals surface area (Å²) >= 11 is 0. The van der Waals surface area contributed by atoms with E-state index in [1.807, 2.05) is 66.7 Å². The molecule has 2 heteroatoms. The molecule has 2 unspecified atom stereocenters. The van der Waals surface area contributed by atoms with Gasteiger partial charge in [0.05, 0.1) is 12.2 Å². The smallest absolute Gasteiger partial charge is 0.0761 e. The van der Waals surface area contributed by atoms with E-state index in [1.54, 1.807) is 13.8 Å². The van der Waals surface area contributed by atoms with Crippen molar-refractivity contribution < 1.29 is 10.2 Å². The van der Waals surface area contributed by atoms with Gasteiger partial charge < -0.3 is 10.2 Å². The summed E-state index contributed by atoms with van der Waals surface area (Å²) in [4.78, 5) is 0. The standard InChI is InChI=1S/C9H12.2C8H10O/c1-8(2)9-6-4-3-5-7-9;2*1-7(9)8-5-3-2-4-6-8/h3-8H,1-2H3;2*2-7,9H,1H3. The zero-order valence-corrected chi connectivity index (χ0v) is 16.8. The molecule has 0 aliphatic carbocycles. The highest BCUT2D eigenvalue weighted by Crippen LogP contribution is 2.12.